The summed E-state index contributed by atoms with van der Waals surface area (Å²) in [5, 5.41) is 15.5. The third kappa shape index (κ3) is 3.36. The first-order valence-corrected chi connectivity index (χ1v) is 8.40. The average Bonchev–Trinajstić information content (AvgIpc) is 3.05. The fourth-order valence-corrected chi connectivity index (χ4v) is 2.76. The van der Waals surface area contributed by atoms with Crippen LogP contribution in [-0.4, -0.2) is 38.2 Å². The van der Waals surface area contributed by atoms with Crippen molar-refractivity contribution in [2.75, 3.05) is 10.6 Å². The summed E-state index contributed by atoms with van der Waals surface area (Å²) in [6.07, 6.45) is 1.59. The number of nitrogens with one attached hydrogen (secondary N) is 1. The van der Waals surface area contributed by atoms with Crippen molar-refractivity contribution in [2.24, 2.45) is 0 Å². The van der Waals surface area contributed by atoms with Crippen molar-refractivity contribution in [1.29, 1.82) is 0 Å². The van der Waals surface area contributed by atoms with E-state index in [-0.39, 0.29) is 23.1 Å². The number of anilines is 2. The predicted molar refractivity (Wildman–Crippen MR) is 98.7 cm³/mol. The van der Waals surface area contributed by atoms with Gasteiger partial charge in [-0.2, -0.15) is 13.9 Å². The summed E-state index contributed by atoms with van der Waals surface area (Å²) in [5.74, 6) is -3.55. The van der Waals surface area contributed by atoms with E-state index >= 15 is 0 Å². The van der Waals surface area contributed by atoms with Gasteiger partial charge in [0.05, 0.1) is 5.52 Å². The topological polar surface area (TPSA) is 125 Å². The van der Waals surface area contributed by atoms with E-state index < -0.39 is 23.7 Å². The largest absolute Gasteiger partial charge is 0.475 e. The van der Waals surface area contributed by atoms with Crippen molar-refractivity contribution in [1.82, 2.24) is 15.2 Å². The number of H-pyrrole nitrogens is 1. The SMILES string of the molecule is CCCC(=O)N(c1n[nH]c2cc(-c3ccc(N)nc3)ccc12)C(F)(F)C(=O)O. The van der Waals surface area contributed by atoms with Gasteiger partial charge in [-0.15, -0.1) is 0 Å². The summed E-state index contributed by atoms with van der Waals surface area (Å²) in [6.45, 7) is 1.63. The van der Waals surface area contributed by atoms with Crippen LogP contribution in [0.1, 0.15) is 19.8 Å². The van der Waals surface area contributed by atoms with E-state index in [9.17, 15) is 18.4 Å². The van der Waals surface area contributed by atoms with Gasteiger partial charge in [0, 0.05) is 23.6 Å². The van der Waals surface area contributed by atoms with Gasteiger partial charge in [0.25, 0.3) is 0 Å². The van der Waals surface area contributed by atoms with E-state index in [4.69, 9.17) is 10.8 Å². The Bertz CT molecular complexity index is 1030. The van der Waals surface area contributed by atoms with Gasteiger partial charge in [-0.3, -0.25) is 9.89 Å². The Balaban J connectivity index is 2.09. The molecule has 2 aromatic heterocycles. The van der Waals surface area contributed by atoms with Crippen LogP contribution >= 0.6 is 0 Å². The summed E-state index contributed by atoms with van der Waals surface area (Å²) in [5.41, 5.74) is 7.38. The van der Waals surface area contributed by atoms with Gasteiger partial charge in [0.2, 0.25) is 5.91 Å². The van der Waals surface area contributed by atoms with Crippen LogP contribution < -0.4 is 10.6 Å². The molecule has 0 saturated carbocycles. The van der Waals surface area contributed by atoms with Gasteiger partial charge >= 0.3 is 12.0 Å². The number of nitrogen functional groups attached to an aromatic ring is 1. The second-order valence-electron chi connectivity index (χ2n) is 6.10. The maximum Gasteiger partial charge on any atom is 0.430 e. The molecule has 0 aliphatic heterocycles. The highest BCUT2D eigenvalue weighted by Crippen LogP contribution is 2.34. The minimum Gasteiger partial charge on any atom is -0.475 e. The van der Waals surface area contributed by atoms with Crippen LogP contribution in [0.25, 0.3) is 22.0 Å². The summed E-state index contributed by atoms with van der Waals surface area (Å²) in [7, 11) is 0. The van der Waals surface area contributed by atoms with Gasteiger partial charge in [-0.25, -0.2) is 14.7 Å². The summed E-state index contributed by atoms with van der Waals surface area (Å²) >= 11 is 0. The lowest BCUT2D eigenvalue weighted by Crippen LogP contribution is -2.51. The number of aliphatic carboxylic acids is 1. The predicted octanol–water partition coefficient (Wildman–Crippen LogP) is 3.02. The number of carbonyl (C=O) groups is 2. The number of carboxylic acids is 1. The monoisotopic (exact) mass is 389 g/mol. The number of nitrogens with zero attached hydrogens (tertiary/aromatic N) is 3. The summed E-state index contributed by atoms with van der Waals surface area (Å²) in [4.78, 5) is 27.3. The first kappa shape index (κ1) is 19.2. The zero-order valence-corrected chi connectivity index (χ0v) is 14.8. The number of pyridine rings is 1. The highest BCUT2D eigenvalue weighted by atomic mass is 19.3. The van der Waals surface area contributed by atoms with Crippen LogP contribution in [0.3, 0.4) is 0 Å². The number of carboxylic acid groups (broad SMARTS) is 1. The maximum absolute atomic E-state index is 14.3. The second kappa shape index (κ2) is 7.22. The number of fused-ring (bicyclic) bond motifs is 1. The van der Waals surface area contributed by atoms with Crippen LogP contribution in [0.15, 0.2) is 36.5 Å². The zero-order valence-electron chi connectivity index (χ0n) is 14.8. The number of rotatable bonds is 6. The molecular weight excluding hydrogens is 372 g/mol. The molecule has 1 amide bonds. The van der Waals surface area contributed by atoms with Gasteiger partial charge < -0.3 is 10.8 Å². The number of nitrogens with two attached hydrogens (primary N) is 1. The van der Waals surface area contributed by atoms with Crippen LogP contribution in [0.2, 0.25) is 0 Å². The minimum absolute atomic E-state index is 0.0673. The van der Waals surface area contributed by atoms with E-state index in [2.05, 4.69) is 15.2 Å². The van der Waals surface area contributed by atoms with E-state index in [1.807, 2.05) is 0 Å². The van der Waals surface area contributed by atoms with Crippen molar-refractivity contribution < 1.29 is 23.5 Å². The Labute approximate surface area is 158 Å². The molecule has 2 heterocycles. The molecule has 4 N–H and O–H groups in total. The fraction of sp³-hybridized carbons (Fsp3) is 0.222. The lowest BCUT2D eigenvalue weighted by molar-refractivity contribution is -0.167. The highest BCUT2D eigenvalue weighted by Gasteiger charge is 2.50. The van der Waals surface area contributed by atoms with Crippen molar-refractivity contribution >= 4 is 34.4 Å². The Morgan fingerprint density at radius 3 is 2.57 bits per heavy atom. The molecule has 0 atom stereocenters. The number of halogens is 2. The molecule has 0 spiro atoms. The van der Waals surface area contributed by atoms with Crippen molar-refractivity contribution in [3.8, 4) is 11.1 Å². The molecule has 0 bridgehead atoms. The molecule has 0 radical (unpaired) electrons. The van der Waals surface area contributed by atoms with E-state index in [0.717, 1.165) is 5.56 Å². The molecule has 8 nitrogen and oxygen atoms in total. The first-order chi connectivity index (χ1) is 13.3. The first-order valence-electron chi connectivity index (χ1n) is 8.40. The van der Waals surface area contributed by atoms with Crippen LogP contribution in [0.5, 0.6) is 0 Å². The number of aromatic amines is 1. The number of amides is 1. The quantitative estimate of drug-likeness (QED) is 0.557. The molecule has 0 aliphatic carbocycles. The Morgan fingerprint density at radius 1 is 1.25 bits per heavy atom. The number of carbonyl (C=O) groups excluding carboxylic acids is 1. The number of alkyl halides is 2. The minimum atomic E-state index is -4.44. The van der Waals surface area contributed by atoms with E-state index in [1.54, 1.807) is 37.4 Å². The summed E-state index contributed by atoms with van der Waals surface area (Å²) < 4.78 is 28.6. The molecule has 0 aliphatic rings. The molecule has 3 rings (SSSR count). The second-order valence-corrected chi connectivity index (χ2v) is 6.10. The van der Waals surface area contributed by atoms with Gasteiger partial charge in [0.15, 0.2) is 5.82 Å². The summed E-state index contributed by atoms with van der Waals surface area (Å²) in [6, 6.07) is 3.70. The van der Waals surface area contributed by atoms with E-state index in [1.165, 1.54) is 6.07 Å². The molecular formula is C18H17F2N5O3. The van der Waals surface area contributed by atoms with Crippen LogP contribution in [0.4, 0.5) is 20.4 Å². The standard InChI is InChI=1S/C18H17F2N5O3/c1-2-3-15(26)25(18(19,20)17(27)28)16-12-6-4-10(8-13(12)23-24-16)11-5-7-14(21)22-9-11/h4-9H,2-3H2,1H3,(H2,21,22)(H,23,24)(H,27,28). The smallest absolute Gasteiger partial charge is 0.430 e. The van der Waals surface area contributed by atoms with Crippen molar-refractivity contribution in [3.05, 3.63) is 36.5 Å². The van der Waals surface area contributed by atoms with Gasteiger partial charge in [-0.1, -0.05) is 13.0 Å². The van der Waals surface area contributed by atoms with Gasteiger partial charge in [-0.05, 0) is 36.2 Å². The molecule has 0 fully saturated rings. The zero-order chi connectivity index (χ0) is 20.5. The molecule has 0 unspecified atom stereocenters. The molecule has 0 saturated heterocycles. The normalized spacial score (nSPS) is 11.5. The molecule has 10 heteroatoms. The third-order valence-corrected chi connectivity index (χ3v) is 4.13. The number of hydrogen-bond acceptors (Lipinski definition) is 5. The fourth-order valence-electron chi connectivity index (χ4n) is 2.76. The van der Waals surface area contributed by atoms with Crippen molar-refractivity contribution in [2.45, 2.75) is 25.8 Å². The Morgan fingerprint density at radius 2 is 1.96 bits per heavy atom. The molecule has 3 aromatic rings. The third-order valence-electron chi connectivity index (χ3n) is 4.13. The number of hydrogen-bond donors (Lipinski definition) is 3. The average molecular weight is 389 g/mol. The molecule has 1 aromatic carbocycles. The Kier molecular flexibility index (Phi) is 4.95. The maximum atomic E-state index is 14.3. The lowest BCUT2D eigenvalue weighted by Gasteiger charge is -2.26. The van der Waals surface area contributed by atoms with Gasteiger partial charge in [0.1, 0.15) is 5.82 Å². The van der Waals surface area contributed by atoms with Crippen LogP contribution in [-0.2, 0) is 9.59 Å². The number of aromatic nitrogens is 3. The highest BCUT2D eigenvalue weighted by molar-refractivity contribution is 6.06. The molecule has 28 heavy (non-hydrogen) atoms. The Hall–Kier alpha value is -3.56. The van der Waals surface area contributed by atoms with Crippen LogP contribution in [0, 0.1) is 0 Å². The van der Waals surface area contributed by atoms with E-state index in [0.29, 0.717) is 16.9 Å². The van der Waals surface area contributed by atoms with Crippen molar-refractivity contribution in [3.63, 3.8) is 0 Å². The molecule has 146 valence electrons. The lowest BCUT2D eigenvalue weighted by atomic mass is 10.1. The number of benzene rings is 1.